The molecule has 138 valence electrons. The van der Waals surface area contributed by atoms with Gasteiger partial charge < -0.3 is 14.5 Å². The van der Waals surface area contributed by atoms with Crippen LogP contribution in [0.1, 0.15) is 16.1 Å². The van der Waals surface area contributed by atoms with Gasteiger partial charge in [0.1, 0.15) is 5.58 Å². The number of nitro benzene ring substituents is 1. The van der Waals surface area contributed by atoms with E-state index in [1.54, 1.807) is 19.1 Å². The third-order valence-electron chi connectivity index (χ3n) is 3.80. The topological polar surface area (TPSA) is 112 Å². The van der Waals surface area contributed by atoms with Crippen LogP contribution in [0.2, 0.25) is 0 Å². The summed E-state index contributed by atoms with van der Waals surface area (Å²) in [5.74, 6) is -1.30. The van der Waals surface area contributed by atoms with E-state index in [0.29, 0.717) is 21.3 Å². The third-order valence-corrected chi connectivity index (χ3v) is 4.46. The number of amides is 1. The van der Waals surface area contributed by atoms with Crippen LogP contribution in [0.3, 0.4) is 0 Å². The van der Waals surface area contributed by atoms with E-state index >= 15 is 0 Å². The molecule has 9 heteroatoms. The lowest BCUT2D eigenvalue weighted by Gasteiger charge is -2.07. The number of nitrogens with one attached hydrogen (secondary N) is 1. The molecule has 0 aliphatic rings. The molecule has 0 fully saturated rings. The number of ether oxygens (including phenoxy) is 1. The van der Waals surface area contributed by atoms with Crippen molar-refractivity contribution in [2.24, 2.45) is 0 Å². The molecular weight excluding hydrogens is 420 g/mol. The summed E-state index contributed by atoms with van der Waals surface area (Å²) in [5, 5.41) is 14.0. The molecule has 0 bridgehead atoms. The van der Waals surface area contributed by atoms with Crippen molar-refractivity contribution < 1.29 is 23.7 Å². The molecule has 0 aliphatic carbocycles. The van der Waals surface area contributed by atoms with Crippen molar-refractivity contribution in [3.63, 3.8) is 0 Å². The normalized spacial score (nSPS) is 10.6. The number of esters is 1. The number of carbonyl (C=O) groups excluding carboxylic acids is 2. The van der Waals surface area contributed by atoms with Gasteiger partial charge in [0, 0.05) is 27.6 Å². The van der Waals surface area contributed by atoms with E-state index in [0.717, 1.165) is 5.39 Å². The molecule has 27 heavy (non-hydrogen) atoms. The minimum atomic E-state index is -0.749. The van der Waals surface area contributed by atoms with E-state index in [9.17, 15) is 19.7 Å². The lowest BCUT2D eigenvalue weighted by molar-refractivity contribution is -0.384. The summed E-state index contributed by atoms with van der Waals surface area (Å²) in [5.41, 5.74) is 1.39. The van der Waals surface area contributed by atoms with Gasteiger partial charge in [-0.1, -0.05) is 18.2 Å². The van der Waals surface area contributed by atoms with E-state index in [-0.39, 0.29) is 11.4 Å². The van der Waals surface area contributed by atoms with Crippen molar-refractivity contribution in [3.8, 4) is 0 Å². The predicted octanol–water partition coefficient (Wildman–Crippen LogP) is 4.21. The Bertz CT molecular complexity index is 1060. The smallest absolute Gasteiger partial charge is 0.375 e. The first-order chi connectivity index (χ1) is 12.9. The van der Waals surface area contributed by atoms with Gasteiger partial charge in [-0.2, -0.15) is 0 Å². The number of nitro groups is 1. The minimum absolute atomic E-state index is 0.0421. The van der Waals surface area contributed by atoms with Crippen molar-refractivity contribution in [2.45, 2.75) is 6.92 Å². The maximum absolute atomic E-state index is 12.2. The molecule has 0 unspecified atom stereocenters. The van der Waals surface area contributed by atoms with Gasteiger partial charge in [-0.3, -0.25) is 14.9 Å². The fraction of sp³-hybridized carbons (Fsp3) is 0.111. The number of nitrogens with zero attached hydrogens (tertiary/aromatic N) is 1. The molecule has 0 saturated carbocycles. The molecule has 0 atom stereocenters. The van der Waals surface area contributed by atoms with Crippen LogP contribution in [0.25, 0.3) is 11.0 Å². The van der Waals surface area contributed by atoms with Crippen LogP contribution >= 0.6 is 15.9 Å². The maximum atomic E-state index is 12.2. The summed E-state index contributed by atoms with van der Waals surface area (Å²) in [4.78, 5) is 34.4. The quantitative estimate of drug-likeness (QED) is 0.367. The van der Waals surface area contributed by atoms with Crippen LogP contribution in [0, 0.1) is 17.0 Å². The highest BCUT2D eigenvalue weighted by Crippen LogP contribution is 2.27. The monoisotopic (exact) mass is 432 g/mol. The number of aryl methyl sites for hydroxylation is 1. The highest BCUT2D eigenvalue weighted by atomic mass is 79.9. The van der Waals surface area contributed by atoms with Crippen molar-refractivity contribution in [3.05, 3.63) is 68.4 Å². The number of anilines is 1. The molecule has 2 aromatic carbocycles. The minimum Gasteiger partial charge on any atom is -0.450 e. The van der Waals surface area contributed by atoms with E-state index in [1.165, 1.54) is 18.2 Å². The van der Waals surface area contributed by atoms with Crippen molar-refractivity contribution in [2.75, 3.05) is 11.9 Å². The molecule has 1 heterocycles. The summed E-state index contributed by atoms with van der Waals surface area (Å²) in [6, 6.07) is 11.1. The second-order valence-corrected chi connectivity index (χ2v) is 6.45. The Morgan fingerprint density at radius 3 is 2.67 bits per heavy atom. The molecule has 1 N–H and O–H groups in total. The lowest BCUT2D eigenvalue weighted by atomic mass is 10.1. The number of rotatable bonds is 5. The Kier molecular flexibility index (Phi) is 5.22. The average molecular weight is 433 g/mol. The van der Waals surface area contributed by atoms with Crippen molar-refractivity contribution in [1.29, 1.82) is 0 Å². The van der Waals surface area contributed by atoms with E-state index in [2.05, 4.69) is 21.2 Å². The summed E-state index contributed by atoms with van der Waals surface area (Å²) >= 11 is 3.15. The highest BCUT2D eigenvalue weighted by Gasteiger charge is 2.20. The first-order valence-corrected chi connectivity index (χ1v) is 8.55. The van der Waals surface area contributed by atoms with Gasteiger partial charge in [0.15, 0.2) is 6.61 Å². The van der Waals surface area contributed by atoms with E-state index in [1.807, 2.05) is 12.1 Å². The molecule has 0 aliphatic heterocycles. The Labute approximate surface area is 161 Å². The van der Waals surface area contributed by atoms with Crippen molar-refractivity contribution in [1.82, 2.24) is 0 Å². The van der Waals surface area contributed by atoms with Crippen LogP contribution in [-0.2, 0) is 9.53 Å². The number of halogens is 1. The van der Waals surface area contributed by atoms with Gasteiger partial charge in [0.25, 0.3) is 11.6 Å². The molecule has 1 amide bonds. The molecule has 1 aromatic heterocycles. The molecule has 8 nitrogen and oxygen atoms in total. The standard InChI is InChI=1S/C18H13BrN2O6/c1-10-12-4-2-3-5-15(12)27-17(10)18(23)26-9-16(22)20-14-7-6-11(21(24)25)8-13(14)19/h2-8H,9H2,1H3,(H,20,22). The zero-order valence-electron chi connectivity index (χ0n) is 14.0. The van der Waals surface area contributed by atoms with Gasteiger partial charge >= 0.3 is 5.97 Å². The molecule has 0 saturated heterocycles. The predicted molar refractivity (Wildman–Crippen MR) is 101 cm³/mol. The van der Waals surface area contributed by atoms with Gasteiger partial charge in [-0.15, -0.1) is 0 Å². The zero-order chi connectivity index (χ0) is 19.6. The third kappa shape index (κ3) is 3.98. The number of furan rings is 1. The summed E-state index contributed by atoms with van der Waals surface area (Å²) in [6.07, 6.45) is 0. The number of non-ortho nitro benzene ring substituents is 1. The SMILES string of the molecule is Cc1c(C(=O)OCC(=O)Nc2ccc([N+](=O)[O-])cc2Br)oc2ccccc12. The summed E-state index contributed by atoms with van der Waals surface area (Å²) in [7, 11) is 0. The number of benzene rings is 2. The van der Waals surface area contributed by atoms with Gasteiger partial charge in [-0.05, 0) is 35.0 Å². The molecule has 0 spiro atoms. The largest absolute Gasteiger partial charge is 0.450 e. The number of fused-ring (bicyclic) bond motifs is 1. The fourth-order valence-corrected chi connectivity index (χ4v) is 2.94. The van der Waals surface area contributed by atoms with E-state index in [4.69, 9.17) is 9.15 Å². The van der Waals surface area contributed by atoms with Crippen LogP contribution in [0.5, 0.6) is 0 Å². The van der Waals surface area contributed by atoms with Gasteiger partial charge in [-0.25, -0.2) is 4.79 Å². The number of carbonyl (C=O) groups is 2. The van der Waals surface area contributed by atoms with Crippen LogP contribution in [0.15, 0.2) is 51.4 Å². The molecular formula is C18H13BrN2O6. The fourth-order valence-electron chi connectivity index (χ4n) is 2.47. The number of para-hydroxylation sites is 1. The maximum Gasteiger partial charge on any atom is 0.375 e. The second-order valence-electron chi connectivity index (χ2n) is 5.60. The summed E-state index contributed by atoms with van der Waals surface area (Å²) < 4.78 is 10.8. The molecule has 3 aromatic rings. The average Bonchev–Trinajstić information content (AvgIpc) is 2.98. The van der Waals surface area contributed by atoms with Gasteiger partial charge in [0.05, 0.1) is 10.6 Å². The first kappa shape index (κ1) is 18.6. The van der Waals surface area contributed by atoms with Crippen molar-refractivity contribution >= 4 is 50.2 Å². The number of hydrogen-bond acceptors (Lipinski definition) is 6. The highest BCUT2D eigenvalue weighted by molar-refractivity contribution is 9.10. The Balaban J connectivity index is 1.64. The van der Waals surface area contributed by atoms with Gasteiger partial charge in [0.2, 0.25) is 5.76 Å². The molecule has 0 radical (unpaired) electrons. The second kappa shape index (κ2) is 7.58. The van der Waals surface area contributed by atoms with Crippen LogP contribution in [-0.4, -0.2) is 23.4 Å². The Morgan fingerprint density at radius 2 is 2.00 bits per heavy atom. The zero-order valence-corrected chi connectivity index (χ0v) is 15.6. The summed E-state index contributed by atoms with van der Waals surface area (Å²) in [6.45, 7) is 1.20. The lowest BCUT2D eigenvalue weighted by Crippen LogP contribution is -2.21. The Morgan fingerprint density at radius 1 is 1.26 bits per heavy atom. The number of hydrogen-bond donors (Lipinski definition) is 1. The van der Waals surface area contributed by atoms with Crippen LogP contribution < -0.4 is 5.32 Å². The Hall–Kier alpha value is -3.20. The van der Waals surface area contributed by atoms with Crippen LogP contribution in [0.4, 0.5) is 11.4 Å². The first-order valence-electron chi connectivity index (χ1n) is 7.76. The molecule has 3 rings (SSSR count). The van der Waals surface area contributed by atoms with E-state index < -0.39 is 23.4 Å².